The molecule has 206 valence electrons. The van der Waals surface area contributed by atoms with Gasteiger partial charge in [0.25, 0.3) is 17.1 Å². The summed E-state index contributed by atoms with van der Waals surface area (Å²) in [4.78, 5) is 51.0. The maximum atomic E-state index is 13.4. The number of carbonyl (C=O) groups is 4. The number of hydrogen-bond donors (Lipinski definition) is 2. The minimum Gasteiger partial charge on any atom is -0.490 e. The van der Waals surface area contributed by atoms with E-state index in [4.69, 9.17) is 9.47 Å². The van der Waals surface area contributed by atoms with E-state index >= 15 is 0 Å². The van der Waals surface area contributed by atoms with Gasteiger partial charge in [0.2, 0.25) is 5.91 Å². The molecule has 4 amide bonds. The normalized spacial score (nSPS) is 13.9. The van der Waals surface area contributed by atoms with Crippen molar-refractivity contribution in [2.45, 2.75) is 6.92 Å². The fourth-order valence-electron chi connectivity index (χ4n) is 3.59. The van der Waals surface area contributed by atoms with E-state index in [9.17, 15) is 23.6 Å². The summed E-state index contributed by atoms with van der Waals surface area (Å²) in [5.41, 5.74) is 1.36. The van der Waals surface area contributed by atoms with Crippen molar-refractivity contribution >= 4 is 68.1 Å². The molecule has 0 radical (unpaired) electrons. The zero-order valence-electron chi connectivity index (χ0n) is 21.1. The van der Waals surface area contributed by atoms with Gasteiger partial charge in [0, 0.05) is 15.8 Å². The van der Waals surface area contributed by atoms with E-state index in [2.05, 4.69) is 26.6 Å². The van der Waals surface area contributed by atoms with Gasteiger partial charge in [0.15, 0.2) is 18.1 Å². The van der Waals surface area contributed by atoms with Crippen LogP contribution in [0, 0.1) is 5.82 Å². The summed E-state index contributed by atoms with van der Waals surface area (Å²) in [7, 11) is 0. The van der Waals surface area contributed by atoms with Gasteiger partial charge >= 0.3 is 0 Å². The Morgan fingerprint density at radius 2 is 1.65 bits per heavy atom. The highest BCUT2D eigenvalue weighted by atomic mass is 79.9. The Balaban J connectivity index is 1.45. The summed E-state index contributed by atoms with van der Waals surface area (Å²) < 4.78 is 25.3. The molecule has 1 aliphatic rings. The molecular weight excluding hydrogens is 605 g/mol. The van der Waals surface area contributed by atoms with Crippen molar-refractivity contribution in [1.29, 1.82) is 0 Å². The number of carbonyl (C=O) groups excluding carboxylic acids is 4. The monoisotopic (exact) mass is 627 g/mol. The number of para-hydroxylation sites is 1. The number of imide groups is 1. The number of thioether (sulfide) groups is 1. The first-order chi connectivity index (χ1) is 19.2. The first-order valence-electron chi connectivity index (χ1n) is 12.0. The van der Waals surface area contributed by atoms with Crippen molar-refractivity contribution in [2.24, 2.45) is 0 Å². The molecule has 0 aliphatic carbocycles. The molecule has 0 atom stereocenters. The lowest BCUT2D eigenvalue weighted by atomic mass is 10.1. The Kier molecular flexibility index (Phi) is 9.56. The predicted molar refractivity (Wildman–Crippen MR) is 154 cm³/mol. The second kappa shape index (κ2) is 13.3. The number of anilines is 2. The van der Waals surface area contributed by atoms with Crippen LogP contribution in [-0.2, 0) is 14.4 Å². The molecule has 9 nitrogen and oxygen atoms in total. The first kappa shape index (κ1) is 28.8. The topological polar surface area (TPSA) is 114 Å². The lowest BCUT2D eigenvalue weighted by Gasteiger charge is -2.14. The van der Waals surface area contributed by atoms with E-state index in [1.54, 1.807) is 43.3 Å². The minimum atomic E-state index is -0.647. The smallest absolute Gasteiger partial charge is 0.294 e. The fourth-order valence-corrected chi connectivity index (χ4v) is 4.86. The van der Waals surface area contributed by atoms with Crippen LogP contribution in [0.1, 0.15) is 12.5 Å². The number of benzene rings is 3. The highest BCUT2D eigenvalue weighted by molar-refractivity contribution is 9.10. The number of rotatable bonds is 10. The highest BCUT2D eigenvalue weighted by Gasteiger charge is 2.36. The molecule has 3 aromatic rings. The van der Waals surface area contributed by atoms with Crippen molar-refractivity contribution in [3.05, 3.63) is 87.5 Å². The Hall–Kier alpha value is -4.16. The third-order valence-electron chi connectivity index (χ3n) is 5.35. The van der Waals surface area contributed by atoms with Crippen LogP contribution in [0.2, 0.25) is 0 Å². The van der Waals surface area contributed by atoms with Gasteiger partial charge in [-0.25, -0.2) is 4.39 Å². The molecule has 0 spiro atoms. The largest absolute Gasteiger partial charge is 0.490 e. The fraction of sp³-hybridized carbons (Fsp3) is 0.143. The van der Waals surface area contributed by atoms with Gasteiger partial charge in [0.05, 0.1) is 11.5 Å². The number of halogens is 2. The van der Waals surface area contributed by atoms with E-state index in [1.165, 1.54) is 24.3 Å². The Bertz CT molecular complexity index is 1480. The summed E-state index contributed by atoms with van der Waals surface area (Å²) in [5, 5.41) is 4.58. The second-order valence-electron chi connectivity index (χ2n) is 8.28. The van der Waals surface area contributed by atoms with E-state index in [0.717, 1.165) is 11.0 Å². The van der Waals surface area contributed by atoms with Crippen molar-refractivity contribution in [2.75, 3.05) is 30.4 Å². The van der Waals surface area contributed by atoms with Crippen LogP contribution in [0.4, 0.5) is 20.6 Å². The van der Waals surface area contributed by atoms with Gasteiger partial charge in [-0.3, -0.25) is 24.1 Å². The summed E-state index contributed by atoms with van der Waals surface area (Å²) >= 11 is 4.13. The van der Waals surface area contributed by atoms with E-state index < -0.39 is 29.4 Å². The number of nitrogens with one attached hydrogen (secondary N) is 2. The summed E-state index contributed by atoms with van der Waals surface area (Å²) in [6.07, 6.45) is 1.49. The molecule has 1 aliphatic heterocycles. The summed E-state index contributed by atoms with van der Waals surface area (Å²) in [5.74, 6) is -1.55. The molecule has 1 heterocycles. The number of amides is 4. The van der Waals surface area contributed by atoms with Crippen LogP contribution in [0.15, 0.2) is 76.1 Å². The van der Waals surface area contributed by atoms with Crippen molar-refractivity contribution in [3.8, 4) is 11.5 Å². The van der Waals surface area contributed by atoms with Crippen LogP contribution in [0.3, 0.4) is 0 Å². The Morgan fingerprint density at radius 3 is 2.38 bits per heavy atom. The maximum absolute atomic E-state index is 13.4. The number of hydrogen-bond acceptors (Lipinski definition) is 7. The molecule has 0 saturated carbocycles. The van der Waals surface area contributed by atoms with Gasteiger partial charge in [-0.05, 0) is 72.8 Å². The van der Waals surface area contributed by atoms with Crippen LogP contribution in [0.25, 0.3) is 6.08 Å². The SMILES string of the molecule is CCOc1cc(/C=C2/SC(=O)N(CC(=O)Nc3cccc(F)c3)C2=O)c(Br)cc1OCC(=O)Nc1ccccc1. The van der Waals surface area contributed by atoms with E-state index in [-0.39, 0.29) is 23.1 Å². The van der Waals surface area contributed by atoms with Crippen molar-refractivity contribution in [1.82, 2.24) is 4.90 Å². The zero-order valence-corrected chi connectivity index (χ0v) is 23.5. The van der Waals surface area contributed by atoms with Gasteiger partial charge in [-0.2, -0.15) is 0 Å². The Labute approximate surface area is 241 Å². The van der Waals surface area contributed by atoms with Gasteiger partial charge < -0.3 is 20.1 Å². The molecule has 1 fully saturated rings. The molecule has 0 unspecified atom stereocenters. The Morgan fingerprint density at radius 1 is 0.950 bits per heavy atom. The van der Waals surface area contributed by atoms with Gasteiger partial charge in [-0.15, -0.1) is 0 Å². The quantitative estimate of drug-likeness (QED) is 0.278. The van der Waals surface area contributed by atoms with Gasteiger partial charge in [-0.1, -0.05) is 40.2 Å². The molecule has 0 bridgehead atoms. The molecule has 1 saturated heterocycles. The van der Waals surface area contributed by atoms with Gasteiger partial charge in [0.1, 0.15) is 12.4 Å². The summed E-state index contributed by atoms with van der Waals surface area (Å²) in [6, 6.07) is 17.4. The molecule has 3 aromatic carbocycles. The van der Waals surface area contributed by atoms with Crippen LogP contribution < -0.4 is 20.1 Å². The lowest BCUT2D eigenvalue weighted by Crippen LogP contribution is -2.36. The zero-order chi connectivity index (χ0) is 28.6. The lowest BCUT2D eigenvalue weighted by molar-refractivity contribution is -0.127. The average molecular weight is 628 g/mol. The van der Waals surface area contributed by atoms with Crippen molar-refractivity contribution < 1.29 is 33.0 Å². The second-order valence-corrected chi connectivity index (χ2v) is 10.1. The molecule has 40 heavy (non-hydrogen) atoms. The summed E-state index contributed by atoms with van der Waals surface area (Å²) in [6.45, 7) is 1.30. The first-order valence-corrected chi connectivity index (χ1v) is 13.6. The predicted octanol–water partition coefficient (Wildman–Crippen LogP) is 5.68. The molecular formula is C28H23BrFN3O6S. The van der Waals surface area contributed by atoms with Crippen LogP contribution >= 0.6 is 27.7 Å². The van der Waals surface area contributed by atoms with Crippen molar-refractivity contribution in [3.63, 3.8) is 0 Å². The standard InChI is InChI=1S/C28H23BrFN3O6S/c1-2-38-22-11-17(21(29)14-23(22)39-16-26(35)31-19-8-4-3-5-9-19)12-24-27(36)33(28(37)40-24)15-25(34)32-20-10-6-7-18(30)13-20/h3-14H,2,15-16H2,1H3,(H,31,35)(H,32,34)/b24-12+. The molecule has 0 aromatic heterocycles. The molecule has 2 N–H and O–H groups in total. The highest BCUT2D eigenvalue weighted by Crippen LogP contribution is 2.38. The average Bonchev–Trinajstić information content (AvgIpc) is 3.17. The third-order valence-corrected chi connectivity index (χ3v) is 6.94. The molecule has 4 rings (SSSR count). The van der Waals surface area contributed by atoms with Crippen LogP contribution in [0.5, 0.6) is 11.5 Å². The number of nitrogens with zero attached hydrogens (tertiary/aromatic N) is 1. The number of ether oxygens (including phenoxy) is 2. The molecule has 12 heteroatoms. The minimum absolute atomic E-state index is 0.0996. The van der Waals surface area contributed by atoms with E-state index in [0.29, 0.717) is 45.6 Å². The van der Waals surface area contributed by atoms with E-state index in [1.807, 2.05) is 6.07 Å². The van der Waals surface area contributed by atoms with Crippen LogP contribution in [-0.4, -0.2) is 47.6 Å². The third kappa shape index (κ3) is 7.48. The maximum Gasteiger partial charge on any atom is 0.294 e.